The van der Waals surface area contributed by atoms with Crippen LogP contribution >= 0.6 is 11.3 Å². The Balaban J connectivity index is 1.53. The van der Waals surface area contributed by atoms with Gasteiger partial charge in [-0.2, -0.15) is 0 Å². The molecule has 0 atom stereocenters. The summed E-state index contributed by atoms with van der Waals surface area (Å²) in [6, 6.07) is 9.31. The first-order valence-corrected chi connectivity index (χ1v) is 8.55. The molecule has 1 aliphatic carbocycles. The molecular formula is C17H23NOS. The van der Waals surface area contributed by atoms with Gasteiger partial charge < -0.3 is 10.1 Å². The summed E-state index contributed by atoms with van der Waals surface area (Å²) in [5, 5.41) is 7.15. The van der Waals surface area contributed by atoms with E-state index >= 15 is 0 Å². The van der Waals surface area contributed by atoms with Crippen molar-refractivity contribution in [3.8, 4) is 0 Å². The lowest BCUT2D eigenvalue weighted by atomic mass is 9.93. The van der Waals surface area contributed by atoms with Crippen LogP contribution in [0.2, 0.25) is 0 Å². The molecule has 0 unspecified atom stereocenters. The molecule has 108 valence electrons. The second-order valence-corrected chi connectivity index (χ2v) is 6.51. The molecular weight excluding hydrogens is 266 g/mol. The van der Waals surface area contributed by atoms with Gasteiger partial charge in [-0.15, -0.1) is 11.3 Å². The van der Waals surface area contributed by atoms with E-state index in [4.69, 9.17) is 4.74 Å². The minimum atomic E-state index is 0.448. The molecule has 0 radical (unpaired) electrons. The quantitative estimate of drug-likeness (QED) is 0.884. The van der Waals surface area contributed by atoms with E-state index in [1.165, 1.54) is 41.3 Å². The summed E-state index contributed by atoms with van der Waals surface area (Å²) >= 11 is 1.82. The molecule has 3 rings (SSSR count). The molecule has 1 fully saturated rings. The first-order valence-electron chi connectivity index (χ1n) is 7.67. The molecule has 3 heteroatoms. The van der Waals surface area contributed by atoms with Crippen LogP contribution in [0.15, 0.2) is 29.6 Å². The molecule has 2 nitrogen and oxygen atoms in total. The smallest absolute Gasteiger partial charge is 0.0734 e. The van der Waals surface area contributed by atoms with Crippen LogP contribution in [0.4, 0.5) is 0 Å². The van der Waals surface area contributed by atoms with Gasteiger partial charge in [0.15, 0.2) is 0 Å². The minimum Gasteiger partial charge on any atom is -0.373 e. The Morgan fingerprint density at radius 1 is 1.20 bits per heavy atom. The zero-order chi connectivity index (χ0) is 13.8. The topological polar surface area (TPSA) is 21.3 Å². The molecule has 1 saturated carbocycles. The molecule has 20 heavy (non-hydrogen) atoms. The van der Waals surface area contributed by atoms with Crippen molar-refractivity contribution in [3.63, 3.8) is 0 Å². The van der Waals surface area contributed by atoms with E-state index in [0.717, 1.165) is 13.2 Å². The Bertz CT molecular complexity index is 543. The van der Waals surface area contributed by atoms with Crippen LogP contribution in [0.25, 0.3) is 10.1 Å². The lowest BCUT2D eigenvalue weighted by Gasteiger charge is -2.29. The lowest BCUT2D eigenvalue weighted by molar-refractivity contribution is 0.0121. The summed E-state index contributed by atoms with van der Waals surface area (Å²) in [6.07, 6.45) is 5.34. The normalized spacial score (nSPS) is 23.2. The van der Waals surface area contributed by atoms with Crippen molar-refractivity contribution in [1.82, 2.24) is 5.32 Å². The monoisotopic (exact) mass is 289 g/mol. The Morgan fingerprint density at radius 3 is 2.80 bits per heavy atom. The Morgan fingerprint density at radius 2 is 2.00 bits per heavy atom. The van der Waals surface area contributed by atoms with Crippen molar-refractivity contribution in [2.24, 2.45) is 0 Å². The number of hydrogen-bond acceptors (Lipinski definition) is 3. The highest BCUT2D eigenvalue weighted by atomic mass is 32.1. The van der Waals surface area contributed by atoms with Crippen LogP contribution in [0.1, 0.15) is 38.2 Å². The third kappa shape index (κ3) is 3.22. The maximum Gasteiger partial charge on any atom is 0.0734 e. The average Bonchev–Trinajstić information content (AvgIpc) is 2.90. The maximum atomic E-state index is 6.14. The van der Waals surface area contributed by atoms with Gasteiger partial charge in [0.25, 0.3) is 0 Å². The van der Waals surface area contributed by atoms with E-state index in [2.05, 4.69) is 41.9 Å². The van der Waals surface area contributed by atoms with Crippen LogP contribution in [-0.4, -0.2) is 18.7 Å². The largest absolute Gasteiger partial charge is 0.373 e. The van der Waals surface area contributed by atoms with E-state index in [1.54, 1.807) is 0 Å². The predicted octanol–water partition coefficient (Wildman–Crippen LogP) is 4.34. The van der Waals surface area contributed by atoms with Crippen LogP contribution in [-0.2, 0) is 11.3 Å². The van der Waals surface area contributed by atoms with E-state index in [0.29, 0.717) is 12.1 Å². The fourth-order valence-electron chi connectivity index (χ4n) is 3.07. The van der Waals surface area contributed by atoms with Gasteiger partial charge in [-0.25, -0.2) is 0 Å². The molecule has 0 bridgehead atoms. The van der Waals surface area contributed by atoms with E-state index in [9.17, 15) is 0 Å². The Hall–Kier alpha value is -0.900. The van der Waals surface area contributed by atoms with Crippen molar-refractivity contribution in [1.29, 1.82) is 0 Å². The molecule has 0 amide bonds. The third-order valence-corrected chi connectivity index (χ3v) is 5.22. The van der Waals surface area contributed by atoms with Crippen molar-refractivity contribution < 1.29 is 4.74 Å². The third-order valence-electron chi connectivity index (χ3n) is 4.20. The number of fused-ring (bicyclic) bond motifs is 1. The van der Waals surface area contributed by atoms with Gasteiger partial charge in [0.2, 0.25) is 0 Å². The van der Waals surface area contributed by atoms with Crippen molar-refractivity contribution in [2.75, 3.05) is 6.54 Å². The summed E-state index contributed by atoms with van der Waals surface area (Å²) in [6.45, 7) is 4.03. The Labute approximate surface area is 125 Å². The molecule has 0 spiro atoms. The van der Waals surface area contributed by atoms with Gasteiger partial charge in [0.1, 0.15) is 0 Å². The first-order chi connectivity index (χ1) is 9.86. The van der Waals surface area contributed by atoms with E-state index in [-0.39, 0.29) is 0 Å². The highest BCUT2D eigenvalue weighted by Gasteiger charge is 2.21. The van der Waals surface area contributed by atoms with Crippen molar-refractivity contribution in [2.45, 2.75) is 51.4 Å². The lowest BCUT2D eigenvalue weighted by Crippen LogP contribution is -2.35. The van der Waals surface area contributed by atoms with Gasteiger partial charge in [0.05, 0.1) is 12.7 Å². The van der Waals surface area contributed by atoms with Crippen LogP contribution in [0.3, 0.4) is 0 Å². The van der Waals surface area contributed by atoms with Crippen LogP contribution < -0.4 is 5.32 Å². The molecule has 1 aromatic heterocycles. The van der Waals surface area contributed by atoms with Gasteiger partial charge in [-0.1, -0.05) is 25.1 Å². The Kier molecular flexibility index (Phi) is 4.71. The standard InChI is InChI=1S/C17H23NOS/c1-2-18-14-7-9-15(10-8-14)19-11-13-12-20-17-6-4-3-5-16(13)17/h3-6,12,14-15,18H,2,7-11H2,1H3. The van der Waals surface area contributed by atoms with Crippen LogP contribution in [0, 0.1) is 0 Å². The summed E-state index contributed by atoms with van der Waals surface area (Å²) in [5.41, 5.74) is 1.35. The molecule has 0 saturated heterocycles. The number of thiophene rings is 1. The summed E-state index contributed by atoms with van der Waals surface area (Å²) < 4.78 is 7.50. The van der Waals surface area contributed by atoms with Gasteiger partial charge in [0, 0.05) is 10.7 Å². The number of hydrogen-bond donors (Lipinski definition) is 1. The zero-order valence-corrected chi connectivity index (χ0v) is 12.9. The fraction of sp³-hybridized carbons (Fsp3) is 0.529. The fourth-order valence-corrected chi connectivity index (χ4v) is 4.02. The average molecular weight is 289 g/mol. The van der Waals surface area contributed by atoms with Crippen LogP contribution in [0.5, 0.6) is 0 Å². The van der Waals surface area contributed by atoms with Crippen molar-refractivity contribution in [3.05, 3.63) is 35.2 Å². The molecule has 1 aliphatic rings. The van der Waals surface area contributed by atoms with Crippen molar-refractivity contribution >= 4 is 21.4 Å². The van der Waals surface area contributed by atoms with E-state index in [1.807, 2.05) is 11.3 Å². The maximum absolute atomic E-state index is 6.14. The number of nitrogens with one attached hydrogen (secondary N) is 1. The number of rotatable bonds is 5. The minimum absolute atomic E-state index is 0.448. The number of benzene rings is 1. The van der Waals surface area contributed by atoms with Gasteiger partial charge >= 0.3 is 0 Å². The molecule has 1 aromatic carbocycles. The molecule has 0 aliphatic heterocycles. The zero-order valence-electron chi connectivity index (χ0n) is 12.1. The predicted molar refractivity (Wildman–Crippen MR) is 86.3 cm³/mol. The molecule has 1 heterocycles. The second-order valence-electron chi connectivity index (χ2n) is 5.60. The SMILES string of the molecule is CCNC1CCC(OCc2csc3ccccc23)CC1. The highest BCUT2D eigenvalue weighted by Crippen LogP contribution is 2.28. The summed E-state index contributed by atoms with van der Waals surface area (Å²) in [4.78, 5) is 0. The van der Waals surface area contributed by atoms with Gasteiger partial charge in [-0.3, -0.25) is 0 Å². The first kappa shape index (κ1) is 14.1. The summed E-state index contributed by atoms with van der Waals surface area (Å²) in [5.74, 6) is 0. The molecule has 1 N–H and O–H groups in total. The highest BCUT2D eigenvalue weighted by molar-refractivity contribution is 7.17. The van der Waals surface area contributed by atoms with Gasteiger partial charge in [-0.05, 0) is 54.6 Å². The van der Waals surface area contributed by atoms with E-state index < -0.39 is 0 Å². The number of ether oxygens (including phenoxy) is 1. The molecule has 2 aromatic rings. The summed E-state index contributed by atoms with van der Waals surface area (Å²) in [7, 11) is 0. The second kappa shape index (κ2) is 6.70.